The summed E-state index contributed by atoms with van der Waals surface area (Å²) in [4.78, 5) is 29.6. The summed E-state index contributed by atoms with van der Waals surface area (Å²) in [6, 6.07) is 12.8. The van der Waals surface area contributed by atoms with Gasteiger partial charge in [-0.2, -0.15) is 5.26 Å². The van der Waals surface area contributed by atoms with Crippen LogP contribution in [0, 0.1) is 21.4 Å². The molecule has 3 rings (SSSR count). The van der Waals surface area contributed by atoms with E-state index in [1.54, 1.807) is 30.5 Å². The molecule has 30 heavy (non-hydrogen) atoms. The van der Waals surface area contributed by atoms with Crippen LogP contribution in [0.5, 0.6) is 11.5 Å². The second kappa shape index (κ2) is 9.11. The zero-order chi connectivity index (χ0) is 21.7. The van der Waals surface area contributed by atoms with Crippen LogP contribution in [0.4, 0.5) is 5.69 Å². The summed E-state index contributed by atoms with van der Waals surface area (Å²) in [5, 5.41) is 20.7. The number of nitrogens with zero attached hydrogens (tertiary/aromatic N) is 3. The number of non-ortho nitro benzene ring substituents is 1. The highest BCUT2D eigenvalue weighted by Crippen LogP contribution is 2.29. The first-order valence-electron chi connectivity index (χ1n) is 8.59. The fraction of sp³-hybridized carbons (Fsp3) is 0.150. The normalized spacial score (nSPS) is 10.3. The highest BCUT2D eigenvalue weighted by Gasteiger charge is 2.16. The predicted octanol–water partition coefficient (Wildman–Crippen LogP) is 3.53. The lowest BCUT2D eigenvalue weighted by Gasteiger charge is -2.13. The van der Waals surface area contributed by atoms with E-state index in [1.165, 1.54) is 37.1 Å². The smallest absolute Gasteiger partial charge is 0.273 e. The lowest BCUT2D eigenvalue weighted by Crippen LogP contribution is -2.14. The molecule has 0 unspecified atom stereocenters. The van der Waals surface area contributed by atoms with Crippen molar-refractivity contribution in [2.45, 2.75) is 11.8 Å². The minimum Gasteiger partial charge on any atom is -0.496 e. The van der Waals surface area contributed by atoms with Gasteiger partial charge in [0.1, 0.15) is 29.7 Å². The number of nitro groups is 1. The van der Waals surface area contributed by atoms with Crippen LogP contribution in [0.2, 0.25) is 0 Å². The zero-order valence-corrected chi connectivity index (χ0v) is 16.9. The molecule has 0 aliphatic carbocycles. The van der Waals surface area contributed by atoms with Gasteiger partial charge in [-0.15, -0.1) is 0 Å². The third-order valence-electron chi connectivity index (χ3n) is 4.18. The monoisotopic (exact) mass is 424 g/mol. The Morgan fingerprint density at radius 2 is 2.10 bits per heavy atom. The van der Waals surface area contributed by atoms with Crippen LogP contribution in [0.1, 0.15) is 11.1 Å². The van der Waals surface area contributed by atoms with E-state index in [0.717, 1.165) is 0 Å². The van der Waals surface area contributed by atoms with Gasteiger partial charge in [-0.25, -0.2) is 4.98 Å². The maximum Gasteiger partial charge on any atom is 0.273 e. The van der Waals surface area contributed by atoms with Crippen molar-refractivity contribution in [3.63, 3.8) is 0 Å². The quantitative estimate of drug-likeness (QED) is 0.264. The van der Waals surface area contributed by atoms with Gasteiger partial charge in [-0.3, -0.25) is 14.9 Å². The molecule has 0 spiro atoms. The molecule has 10 heteroatoms. The minimum atomic E-state index is -0.517. The molecule has 9 nitrogen and oxygen atoms in total. The predicted molar refractivity (Wildman–Crippen MR) is 111 cm³/mol. The van der Waals surface area contributed by atoms with E-state index in [9.17, 15) is 20.2 Å². The molecule has 0 bridgehead atoms. The van der Waals surface area contributed by atoms with Crippen molar-refractivity contribution in [3.8, 4) is 28.8 Å². The van der Waals surface area contributed by atoms with Crippen LogP contribution >= 0.6 is 11.8 Å². The first-order valence-corrected chi connectivity index (χ1v) is 9.82. The molecular weight excluding hydrogens is 408 g/mol. The number of H-pyrrole nitrogens is 1. The Morgan fingerprint density at radius 1 is 1.30 bits per heavy atom. The second-order valence-corrected chi connectivity index (χ2v) is 6.78. The number of benzene rings is 2. The molecule has 0 atom stereocenters. The van der Waals surface area contributed by atoms with Gasteiger partial charge < -0.3 is 14.5 Å². The molecule has 3 aromatic rings. The number of nitrogens with one attached hydrogen (secondary N) is 1. The molecule has 0 saturated carbocycles. The number of aromatic nitrogens is 2. The molecular formula is C20H16N4O5S. The topological polar surface area (TPSA) is 131 Å². The van der Waals surface area contributed by atoms with E-state index in [0.29, 0.717) is 27.8 Å². The van der Waals surface area contributed by atoms with Crippen molar-refractivity contribution in [1.82, 2.24) is 9.97 Å². The van der Waals surface area contributed by atoms with Gasteiger partial charge in [0.15, 0.2) is 5.16 Å². The fourth-order valence-corrected chi connectivity index (χ4v) is 3.13. The number of nitriles is 1. The molecule has 0 fully saturated rings. The summed E-state index contributed by atoms with van der Waals surface area (Å²) in [5.41, 5.74) is 0.735. The standard InChI is InChI=1S/C20H16N4O5S/c1-28-17-7-6-12(18-16(10-21)19(25)23-20(22-18)30-2)8-13(17)11-29-15-5-3-4-14(9-15)24(26)27/h3-9H,11H2,1-2H3,(H,22,23,25). The molecule has 0 amide bonds. The van der Waals surface area contributed by atoms with E-state index >= 15 is 0 Å². The van der Waals surface area contributed by atoms with Crippen LogP contribution in [0.15, 0.2) is 52.4 Å². The van der Waals surface area contributed by atoms with Crippen LogP contribution in [-0.4, -0.2) is 28.3 Å². The molecule has 1 aromatic heterocycles. The van der Waals surface area contributed by atoms with Crippen LogP contribution < -0.4 is 15.0 Å². The average molecular weight is 424 g/mol. The number of aromatic amines is 1. The van der Waals surface area contributed by atoms with Crippen LogP contribution in [0.25, 0.3) is 11.3 Å². The summed E-state index contributed by atoms with van der Waals surface area (Å²) in [6.07, 6.45) is 1.76. The summed E-state index contributed by atoms with van der Waals surface area (Å²) in [6.45, 7) is 0.0542. The molecule has 2 aromatic carbocycles. The highest BCUT2D eigenvalue weighted by molar-refractivity contribution is 7.98. The van der Waals surface area contributed by atoms with Crippen molar-refractivity contribution >= 4 is 17.4 Å². The van der Waals surface area contributed by atoms with Gasteiger partial charge >= 0.3 is 0 Å². The van der Waals surface area contributed by atoms with Gasteiger partial charge in [0.2, 0.25) is 0 Å². The highest BCUT2D eigenvalue weighted by atomic mass is 32.2. The number of nitro benzene ring substituents is 1. The first kappa shape index (κ1) is 20.9. The van der Waals surface area contributed by atoms with Crippen LogP contribution in [0.3, 0.4) is 0 Å². The summed E-state index contributed by atoms with van der Waals surface area (Å²) in [7, 11) is 1.50. The molecule has 0 aliphatic heterocycles. The maximum absolute atomic E-state index is 12.2. The Balaban J connectivity index is 1.98. The first-order chi connectivity index (χ1) is 14.5. The fourth-order valence-electron chi connectivity index (χ4n) is 2.75. The number of hydrogen-bond acceptors (Lipinski definition) is 8. The van der Waals surface area contributed by atoms with Crippen molar-refractivity contribution < 1.29 is 14.4 Å². The van der Waals surface area contributed by atoms with Gasteiger partial charge in [0.05, 0.1) is 23.8 Å². The largest absolute Gasteiger partial charge is 0.496 e. The molecule has 1 heterocycles. The summed E-state index contributed by atoms with van der Waals surface area (Å²) < 4.78 is 11.1. The van der Waals surface area contributed by atoms with E-state index < -0.39 is 10.5 Å². The Kier molecular flexibility index (Phi) is 6.34. The lowest BCUT2D eigenvalue weighted by molar-refractivity contribution is -0.384. The zero-order valence-electron chi connectivity index (χ0n) is 16.0. The third-order valence-corrected chi connectivity index (χ3v) is 4.76. The molecule has 152 valence electrons. The third kappa shape index (κ3) is 4.42. The van der Waals surface area contributed by atoms with Crippen molar-refractivity contribution in [1.29, 1.82) is 5.26 Å². The maximum atomic E-state index is 12.2. The lowest BCUT2D eigenvalue weighted by atomic mass is 10.0. The molecule has 1 N–H and O–H groups in total. The number of ether oxygens (including phenoxy) is 2. The SMILES string of the molecule is COc1ccc(-c2nc(SC)[nH]c(=O)c2C#N)cc1COc1cccc([N+](=O)[O-])c1. The van der Waals surface area contributed by atoms with E-state index in [2.05, 4.69) is 9.97 Å². The minimum absolute atomic E-state index is 0.0542. The Bertz CT molecular complexity index is 1200. The number of methoxy groups -OCH3 is 1. The van der Waals surface area contributed by atoms with Crippen LogP contribution in [-0.2, 0) is 6.61 Å². The van der Waals surface area contributed by atoms with E-state index in [4.69, 9.17) is 9.47 Å². The average Bonchev–Trinajstić information content (AvgIpc) is 2.77. The van der Waals surface area contributed by atoms with Crippen molar-refractivity contribution in [2.75, 3.05) is 13.4 Å². The van der Waals surface area contributed by atoms with Gasteiger partial charge in [0, 0.05) is 17.2 Å². The number of thioether (sulfide) groups is 1. The summed E-state index contributed by atoms with van der Waals surface area (Å²) >= 11 is 1.25. The van der Waals surface area contributed by atoms with Crippen molar-refractivity contribution in [2.24, 2.45) is 0 Å². The van der Waals surface area contributed by atoms with Crippen molar-refractivity contribution in [3.05, 3.63) is 74.1 Å². The van der Waals surface area contributed by atoms with E-state index in [1.807, 2.05) is 6.07 Å². The van der Waals surface area contributed by atoms with Gasteiger partial charge in [0.25, 0.3) is 11.2 Å². The Morgan fingerprint density at radius 3 is 2.77 bits per heavy atom. The Labute approximate surface area is 175 Å². The molecule has 0 radical (unpaired) electrons. The number of hydrogen-bond donors (Lipinski definition) is 1. The summed E-state index contributed by atoms with van der Waals surface area (Å²) in [5.74, 6) is 0.853. The number of rotatable bonds is 7. The molecule has 0 saturated heterocycles. The van der Waals surface area contributed by atoms with E-state index in [-0.39, 0.29) is 23.6 Å². The van der Waals surface area contributed by atoms with Gasteiger partial charge in [-0.05, 0) is 30.5 Å². The molecule has 0 aliphatic rings. The second-order valence-electron chi connectivity index (χ2n) is 5.98. The Hall–Kier alpha value is -3.84. The van der Waals surface area contributed by atoms with Gasteiger partial charge in [-0.1, -0.05) is 17.8 Å².